The smallest absolute Gasteiger partial charge is 0.223 e. The molecule has 0 radical (unpaired) electrons. The van der Waals surface area contributed by atoms with Crippen molar-refractivity contribution in [2.45, 2.75) is 32.6 Å². The lowest BCUT2D eigenvalue weighted by molar-refractivity contribution is -0.125. The highest BCUT2D eigenvalue weighted by Gasteiger charge is 2.17. The summed E-state index contributed by atoms with van der Waals surface area (Å²) in [5, 5.41) is 7.38. The van der Waals surface area contributed by atoms with Gasteiger partial charge in [-0.05, 0) is 32.3 Å². The molecule has 1 aliphatic carbocycles. The average Bonchev–Trinajstić information content (AvgIpc) is 2.69. The van der Waals surface area contributed by atoms with Gasteiger partial charge in [0.25, 0.3) is 0 Å². The summed E-state index contributed by atoms with van der Waals surface area (Å²) in [6.07, 6.45) is 7.95. The molecule has 1 atom stereocenters. The maximum atomic E-state index is 11.9. The molecular weight excluding hydrogens is 226 g/mol. The van der Waals surface area contributed by atoms with Crippen LogP contribution in [0.3, 0.4) is 0 Å². The number of nitrogens with one attached hydrogen (secondary N) is 1. The third-order valence-corrected chi connectivity index (χ3v) is 3.48. The number of carbonyl (C=O) groups is 1. The SMILES string of the molecule is Cc1cc(CCNC(=O)[C@H]2CC=CCC2)nn1C. The maximum Gasteiger partial charge on any atom is 0.223 e. The number of amides is 1. The molecule has 18 heavy (non-hydrogen) atoms. The molecule has 0 spiro atoms. The Labute approximate surface area is 108 Å². The van der Waals surface area contributed by atoms with Crippen LogP contribution < -0.4 is 5.32 Å². The molecule has 1 aliphatic rings. The predicted molar refractivity (Wildman–Crippen MR) is 71.1 cm³/mol. The summed E-state index contributed by atoms with van der Waals surface area (Å²) in [5.41, 5.74) is 2.19. The Morgan fingerprint density at radius 2 is 2.39 bits per heavy atom. The number of hydrogen-bond donors (Lipinski definition) is 1. The minimum atomic E-state index is 0.167. The minimum Gasteiger partial charge on any atom is -0.355 e. The van der Waals surface area contributed by atoms with Crippen molar-refractivity contribution in [1.82, 2.24) is 15.1 Å². The third kappa shape index (κ3) is 3.22. The van der Waals surface area contributed by atoms with Gasteiger partial charge in [-0.25, -0.2) is 0 Å². The second kappa shape index (κ2) is 5.85. The van der Waals surface area contributed by atoms with E-state index in [1.807, 2.05) is 18.7 Å². The van der Waals surface area contributed by atoms with Gasteiger partial charge in [-0.2, -0.15) is 5.10 Å². The van der Waals surface area contributed by atoms with E-state index >= 15 is 0 Å². The number of carbonyl (C=O) groups excluding carboxylic acids is 1. The topological polar surface area (TPSA) is 46.9 Å². The normalized spacial score (nSPS) is 18.9. The van der Waals surface area contributed by atoms with Crippen molar-refractivity contribution in [3.8, 4) is 0 Å². The van der Waals surface area contributed by atoms with Gasteiger partial charge in [0.15, 0.2) is 0 Å². The summed E-state index contributed by atoms with van der Waals surface area (Å²) in [6, 6.07) is 2.06. The van der Waals surface area contributed by atoms with E-state index in [2.05, 4.69) is 28.6 Å². The molecule has 0 saturated heterocycles. The lowest BCUT2D eigenvalue weighted by atomic mass is 9.94. The van der Waals surface area contributed by atoms with Gasteiger partial charge >= 0.3 is 0 Å². The average molecular weight is 247 g/mol. The molecule has 0 fully saturated rings. The van der Waals surface area contributed by atoms with E-state index in [0.29, 0.717) is 6.54 Å². The number of allylic oxidation sites excluding steroid dienone is 2. The van der Waals surface area contributed by atoms with E-state index in [4.69, 9.17) is 0 Å². The fourth-order valence-electron chi connectivity index (χ4n) is 2.25. The standard InChI is InChI=1S/C14H21N3O/c1-11-10-13(16-17(11)2)8-9-15-14(18)12-6-4-3-5-7-12/h3-4,10,12H,5-9H2,1-2H3,(H,15,18)/t12-/m0/s1. The van der Waals surface area contributed by atoms with Crippen LogP contribution in [0.25, 0.3) is 0 Å². The van der Waals surface area contributed by atoms with E-state index in [9.17, 15) is 4.79 Å². The second-order valence-electron chi connectivity index (χ2n) is 4.92. The van der Waals surface area contributed by atoms with Gasteiger partial charge < -0.3 is 5.32 Å². The van der Waals surface area contributed by atoms with Crippen LogP contribution in [-0.2, 0) is 18.3 Å². The number of rotatable bonds is 4. The number of aromatic nitrogens is 2. The zero-order valence-corrected chi connectivity index (χ0v) is 11.1. The molecule has 1 N–H and O–H groups in total. The first-order valence-electron chi connectivity index (χ1n) is 6.59. The predicted octanol–water partition coefficient (Wildman–Crippen LogP) is 1.74. The lowest BCUT2D eigenvalue weighted by Crippen LogP contribution is -2.32. The van der Waals surface area contributed by atoms with Gasteiger partial charge in [0.2, 0.25) is 5.91 Å². The van der Waals surface area contributed by atoms with Crippen molar-refractivity contribution < 1.29 is 4.79 Å². The fourth-order valence-corrected chi connectivity index (χ4v) is 2.25. The molecule has 0 aromatic carbocycles. The van der Waals surface area contributed by atoms with Crippen LogP contribution in [0.1, 0.15) is 30.7 Å². The van der Waals surface area contributed by atoms with E-state index in [1.165, 1.54) is 0 Å². The minimum absolute atomic E-state index is 0.167. The Morgan fingerprint density at radius 1 is 1.56 bits per heavy atom. The van der Waals surface area contributed by atoms with Gasteiger partial charge in [-0.3, -0.25) is 9.48 Å². The Hall–Kier alpha value is -1.58. The molecule has 0 aliphatic heterocycles. The number of aryl methyl sites for hydroxylation is 2. The largest absolute Gasteiger partial charge is 0.355 e. The first-order chi connectivity index (χ1) is 8.66. The Kier molecular flexibility index (Phi) is 4.18. The first kappa shape index (κ1) is 12.9. The first-order valence-corrected chi connectivity index (χ1v) is 6.59. The van der Waals surface area contributed by atoms with Gasteiger partial charge in [-0.15, -0.1) is 0 Å². The molecule has 2 rings (SSSR count). The van der Waals surface area contributed by atoms with Crippen molar-refractivity contribution in [3.05, 3.63) is 29.6 Å². The van der Waals surface area contributed by atoms with Crippen molar-refractivity contribution >= 4 is 5.91 Å². The molecule has 1 aromatic rings. The zero-order valence-electron chi connectivity index (χ0n) is 11.1. The molecule has 0 unspecified atom stereocenters. The summed E-state index contributed by atoms with van der Waals surface area (Å²) in [7, 11) is 1.94. The molecule has 1 aromatic heterocycles. The van der Waals surface area contributed by atoms with Crippen molar-refractivity contribution in [2.24, 2.45) is 13.0 Å². The molecular formula is C14H21N3O. The summed E-state index contributed by atoms with van der Waals surface area (Å²) >= 11 is 0. The Bertz CT molecular complexity index is 428. The number of nitrogens with zero attached hydrogens (tertiary/aromatic N) is 2. The maximum absolute atomic E-state index is 11.9. The van der Waals surface area contributed by atoms with E-state index in [0.717, 1.165) is 37.1 Å². The third-order valence-electron chi connectivity index (χ3n) is 3.48. The molecule has 1 heterocycles. The van der Waals surface area contributed by atoms with Gasteiger partial charge in [0.1, 0.15) is 0 Å². The van der Waals surface area contributed by atoms with Crippen LogP contribution >= 0.6 is 0 Å². The summed E-state index contributed by atoms with van der Waals surface area (Å²) in [6.45, 7) is 2.71. The van der Waals surface area contributed by atoms with Crippen LogP contribution in [0.4, 0.5) is 0 Å². The van der Waals surface area contributed by atoms with Crippen molar-refractivity contribution in [1.29, 1.82) is 0 Å². The number of hydrogen-bond acceptors (Lipinski definition) is 2. The Morgan fingerprint density at radius 3 is 3.00 bits per heavy atom. The van der Waals surface area contributed by atoms with Gasteiger partial charge in [-0.1, -0.05) is 12.2 Å². The zero-order chi connectivity index (χ0) is 13.0. The molecule has 0 bridgehead atoms. The molecule has 0 saturated carbocycles. The monoisotopic (exact) mass is 247 g/mol. The van der Waals surface area contributed by atoms with E-state index in [1.54, 1.807) is 0 Å². The highest BCUT2D eigenvalue weighted by molar-refractivity contribution is 5.78. The quantitative estimate of drug-likeness (QED) is 0.824. The van der Waals surface area contributed by atoms with Gasteiger partial charge in [0, 0.05) is 31.6 Å². The lowest BCUT2D eigenvalue weighted by Gasteiger charge is -2.16. The summed E-state index contributed by atoms with van der Waals surface area (Å²) in [4.78, 5) is 11.9. The van der Waals surface area contributed by atoms with E-state index < -0.39 is 0 Å². The molecule has 1 amide bonds. The van der Waals surface area contributed by atoms with Gasteiger partial charge in [0.05, 0.1) is 5.69 Å². The van der Waals surface area contributed by atoms with Crippen LogP contribution in [0.2, 0.25) is 0 Å². The van der Waals surface area contributed by atoms with Crippen LogP contribution in [0, 0.1) is 12.8 Å². The molecule has 4 nitrogen and oxygen atoms in total. The summed E-state index contributed by atoms with van der Waals surface area (Å²) < 4.78 is 1.86. The van der Waals surface area contributed by atoms with Crippen LogP contribution in [-0.4, -0.2) is 22.2 Å². The van der Waals surface area contributed by atoms with Crippen molar-refractivity contribution in [2.75, 3.05) is 6.54 Å². The second-order valence-corrected chi connectivity index (χ2v) is 4.92. The van der Waals surface area contributed by atoms with Crippen molar-refractivity contribution in [3.63, 3.8) is 0 Å². The highest BCUT2D eigenvalue weighted by Crippen LogP contribution is 2.17. The molecule has 98 valence electrons. The summed E-state index contributed by atoms with van der Waals surface area (Å²) in [5.74, 6) is 0.354. The van der Waals surface area contributed by atoms with Crippen LogP contribution in [0.5, 0.6) is 0 Å². The van der Waals surface area contributed by atoms with Crippen LogP contribution in [0.15, 0.2) is 18.2 Å². The Balaban J connectivity index is 1.74. The van der Waals surface area contributed by atoms with E-state index in [-0.39, 0.29) is 11.8 Å². The fraction of sp³-hybridized carbons (Fsp3) is 0.571. The molecule has 4 heteroatoms. The highest BCUT2D eigenvalue weighted by atomic mass is 16.1.